The average molecular weight is 351 g/mol. The second-order valence-electron chi connectivity index (χ2n) is 6.34. The minimum atomic E-state index is -3.59. The van der Waals surface area contributed by atoms with Crippen LogP contribution in [0.15, 0.2) is 52.3 Å². The van der Waals surface area contributed by atoms with Crippen LogP contribution in [0, 0.1) is 0 Å². The van der Waals surface area contributed by atoms with E-state index in [9.17, 15) is 8.42 Å². The molecular formula is C17H15ClO4S. The van der Waals surface area contributed by atoms with E-state index < -0.39 is 15.4 Å². The summed E-state index contributed by atoms with van der Waals surface area (Å²) in [6.45, 7) is 3.94. The van der Waals surface area contributed by atoms with Gasteiger partial charge in [-0.15, -0.1) is 0 Å². The molecule has 120 valence electrons. The van der Waals surface area contributed by atoms with Gasteiger partial charge in [-0.2, -0.15) is 0 Å². The molecule has 0 radical (unpaired) electrons. The third-order valence-corrected chi connectivity index (χ3v) is 6.29. The van der Waals surface area contributed by atoms with E-state index >= 15 is 0 Å². The monoisotopic (exact) mass is 350 g/mol. The van der Waals surface area contributed by atoms with Crippen molar-refractivity contribution in [3.8, 4) is 5.75 Å². The van der Waals surface area contributed by atoms with Crippen molar-refractivity contribution in [2.45, 2.75) is 41.4 Å². The van der Waals surface area contributed by atoms with Crippen molar-refractivity contribution in [2.24, 2.45) is 0 Å². The minimum absolute atomic E-state index is 0.0246. The molecule has 4 rings (SSSR count). The lowest BCUT2D eigenvalue weighted by atomic mass is 9.94. The van der Waals surface area contributed by atoms with Crippen molar-refractivity contribution in [1.29, 1.82) is 0 Å². The maximum Gasteiger partial charge on any atom is 0.206 e. The molecule has 2 aliphatic rings. The van der Waals surface area contributed by atoms with Gasteiger partial charge in [0.05, 0.1) is 9.79 Å². The van der Waals surface area contributed by atoms with E-state index in [0.717, 1.165) is 5.56 Å². The van der Waals surface area contributed by atoms with Crippen LogP contribution in [0.3, 0.4) is 0 Å². The second-order valence-corrected chi connectivity index (χ2v) is 8.73. The molecule has 0 amide bonds. The fourth-order valence-electron chi connectivity index (χ4n) is 2.98. The van der Waals surface area contributed by atoms with Crippen LogP contribution < -0.4 is 4.74 Å². The molecule has 4 nitrogen and oxygen atoms in total. The molecule has 23 heavy (non-hydrogen) atoms. The Balaban J connectivity index is 1.77. The lowest BCUT2D eigenvalue weighted by Crippen LogP contribution is -2.37. The van der Waals surface area contributed by atoms with E-state index in [1.807, 2.05) is 13.8 Å². The van der Waals surface area contributed by atoms with E-state index in [4.69, 9.17) is 21.1 Å². The summed E-state index contributed by atoms with van der Waals surface area (Å²) < 4.78 is 37.1. The number of epoxide rings is 1. The van der Waals surface area contributed by atoms with Crippen LogP contribution in [0.2, 0.25) is 5.02 Å². The SMILES string of the molecule is CC1(C)Oc2ccc(S(=O)(=O)c3ccc(Cl)cc3)cc2C2OC21. The first-order valence-electron chi connectivity index (χ1n) is 7.28. The standard InChI is InChI=1S/C17H15ClO4S/c1-17(2)16-15(21-16)13-9-12(7-8-14(13)22-17)23(19,20)11-5-3-10(18)4-6-11/h3-9,15-16H,1-2H3. The first kappa shape index (κ1) is 15.0. The molecule has 0 N–H and O–H groups in total. The van der Waals surface area contributed by atoms with Crippen molar-refractivity contribution in [1.82, 2.24) is 0 Å². The first-order valence-corrected chi connectivity index (χ1v) is 9.14. The molecule has 0 saturated carbocycles. The highest BCUT2D eigenvalue weighted by Crippen LogP contribution is 2.54. The zero-order valence-corrected chi connectivity index (χ0v) is 14.2. The summed E-state index contributed by atoms with van der Waals surface area (Å²) in [5.74, 6) is 0.684. The van der Waals surface area contributed by atoms with Crippen LogP contribution in [-0.2, 0) is 14.6 Å². The molecular weight excluding hydrogens is 336 g/mol. The van der Waals surface area contributed by atoms with Crippen molar-refractivity contribution < 1.29 is 17.9 Å². The fourth-order valence-corrected chi connectivity index (χ4v) is 4.40. The van der Waals surface area contributed by atoms with E-state index in [0.29, 0.717) is 10.8 Å². The summed E-state index contributed by atoms with van der Waals surface area (Å²) in [5, 5.41) is 0.499. The van der Waals surface area contributed by atoms with Crippen LogP contribution in [0.5, 0.6) is 5.75 Å². The summed E-state index contributed by atoms with van der Waals surface area (Å²) in [6.07, 6.45) is -0.113. The maximum atomic E-state index is 12.8. The first-order chi connectivity index (χ1) is 10.8. The van der Waals surface area contributed by atoms with E-state index in [1.165, 1.54) is 12.1 Å². The van der Waals surface area contributed by atoms with Gasteiger partial charge in [-0.05, 0) is 56.3 Å². The van der Waals surface area contributed by atoms with Crippen LogP contribution in [0.25, 0.3) is 0 Å². The lowest BCUT2D eigenvalue weighted by molar-refractivity contribution is 0.0724. The van der Waals surface area contributed by atoms with Crippen molar-refractivity contribution in [3.63, 3.8) is 0 Å². The van der Waals surface area contributed by atoms with Gasteiger partial charge in [-0.25, -0.2) is 8.42 Å². The van der Waals surface area contributed by atoms with E-state index in [1.54, 1.807) is 30.3 Å². The largest absolute Gasteiger partial charge is 0.485 e. The number of hydrogen-bond acceptors (Lipinski definition) is 4. The summed E-state index contributed by atoms with van der Waals surface area (Å²) in [7, 11) is -3.59. The Hall–Kier alpha value is -1.56. The van der Waals surface area contributed by atoms with Crippen LogP contribution in [0.1, 0.15) is 25.5 Å². The third kappa shape index (κ3) is 2.35. The predicted octanol–water partition coefficient (Wildman–Crippen LogP) is 3.78. The maximum absolute atomic E-state index is 12.8. The Morgan fingerprint density at radius 2 is 1.70 bits per heavy atom. The second kappa shape index (κ2) is 4.72. The molecule has 1 fully saturated rings. The minimum Gasteiger partial charge on any atom is -0.485 e. The molecule has 2 atom stereocenters. The van der Waals surface area contributed by atoms with E-state index in [-0.39, 0.29) is 22.0 Å². The predicted molar refractivity (Wildman–Crippen MR) is 85.7 cm³/mol. The van der Waals surface area contributed by atoms with Gasteiger partial charge in [-0.1, -0.05) is 11.6 Å². The molecule has 1 saturated heterocycles. The Bertz CT molecular complexity index is 887. The summed E-state index contributed by atoms with van der Waals surface area (Å²) >= 11 is 5.83. The third-order valence-electron chi connectivity index (χ3n) is 4.27. The van der Waals surface area contributed by atoms with Gasteiger partial charge in [0, 0.05) is 10.6 Å². The molecule has 2 heterocycles. The molecule has 0 spiro atoms. The van der Waals surface area contributed by atoms with Gasteiger partial charge in [0.15, 0.2) is 0 Å². The molecule has 2 unspecified atom stereocenters. The Morgan fingerprint density at radius 3 is 2.39 bits per heavy atom. The molecule has 2 aromatic rings. The van der Waals surface area contributed by atoms with Gasteiger partial charge in [0.2, 0.25) is 9.84 Å². The topological polar surface area (TPSA) is 55.9 Å². The summed E-state index contributed by atoms with van der Waals surface area (Å²) in [4.78, 5) is 0.448. The zero-order chi connectivity index (χ0) is 16.4. The van der Waals surface area contributed by atoms with Gasteiger partial charge in [0.25, 0.3) is 0 Å². The number of rotatable bonds is 2. The van der Waals surface area contributed by atoms with Gasteiger partial charge < -0.3 is 9.47 Å². The lowest BCUT2D eigenvalue weighted by Gasteiger charge is -2.29. The molecule has 6 heteroatoms. The zero-order valence-electron chi connectivity index (χ0n) is 12.6. The number of halogens is 1. The molecule has 2 aliphatic heterocycles. The molecule has 0 aromatic heterocycles. The number of hydrogen-bond donors (Lipinski definition) is 0. The number of ether oxygens (including phenoxy) is 2. The van der Waals surface area contributed by atoms with E-state index in [2.05, 4.69) is 0 Å². The Kier molecular flexibility index (Phi) is 3.08. The molecule has 2 aromatic carbocycles. The van der Waals surface area contributed by atoms with Gasteiger partial charge >= 0.3 is 0 Å². The van der Waals surface area contributed by atoms with Crippen molar-refractivity contribution >= 4 is 21.4 Å². The summed E-state index contributed by atoms with van der Waals surface area (Å²) in [6, 6.07) is 11.1. The summed E-state index contributed by atoms with van der Waals surface area (Å²) in [5.41, 5.74) is 0.401. The quantitative estimate of drug-likeness (QED) is 0.773. The Morgan fingerprint density at radius 1 is 1.04 bits per heavy atom. The van der Waals surface area contributed by atoms with Crippen LogP contribution in [0.4, 0.5) is 0 Å². The van der Waals surface area contributed by atoms with Gasteiger partial charge in [0.1, 0.15) is 23.6 Å². The Labute approximate surface area is 139 Å². The van der Waals surface area contributed by atoms with Crippen molar-refractivity contribution in [2.75, 3.05) is 0 Å². The van der Waals surface area contributed by atoms with Crippen LogP contribution >= 0.6 is 11.6 Å². The molecule has 0 aliphatic carbocycles. The van der Waals surface area contributed by atoms with Gasteiger partial charge in [-0.3, -0.25) is 0 Å². The normalized spacial score (nSPS) is 24.3. The van der Waals surface area contributed by atoms with Crippen molar-refractivity contribution in [3.05, 3.63) is 53.1 Å². The number of benzene rings is 2. The number of fused-ring (bicyclic) bond motifs is 3. The highest BCUT2D eigenvalue weighted by Gasteiger charge is 2.56. The smallest absolute Gasteiger partial charge is 0.206 e. The average Bonchev–Trinajstić information content (AvgIpc) is 3.29. The van der Waals surface area contributed by atoms with Crippen LogP contribution in [-0.4, -0.2) is 20.1 Å². The highest BCUT2D eigenvalue weighted by molar-refractivity contribution is 7.91. The number of sulfone groups is 1. The fraction of sp³-hybridized carbons (Fsp3) is 0.294. The highest BCUT2D eigenvalue weighted by atomic mass is 35.5. The molecule has 0 bridgehead atoms.